The van der Waals surface area contributed by atoms with Crippen molar-refractivity contribution in [1.29, 1.82) is 5.26 Å². The second-order valence-corrected chi connectivity index (χ2v) is 5.95. The first-order valence-corrected chi connectivity index (χ1v) is 8.30. The minimum absolute atomic E-state index is 0.320. The number of hydrogen-bond acceptors (Lipinski definition) is 3. The van der Waals surface area contributed by atoms with Gasteiger partial charge in [-0.15, -0.1) is 0 Å². The van der Waals surface area contributed by atoms with Crippen molar-refractivity contribution in [2.24, 2.45) is 7.05 Å². The number of aromatic nitrogens is 1. The molecule has 0 radical (unpaired) electrons. The molecule has 0 fully saturated rings. The first-order valence-electron chi connectivity index (χ1n) is 8.30. The number of halogens is 1. The maximum absolute atomic E-state index is 13.1. The third kappa shape index (κ3) is 3.67. The Labute approximate surface area is 156 Å². The van der Waals surface area contributed by atoms with E-state index in [4.69, 9.17) is 4.74 Å². The first kappa shape index (κ1) is 18.2. The molecule has 1 N–H and O–H groups in total. The molecule has 0 aliphatic heterocycles. The smallest absolute Gasteiger partial charge is 0.269 e. The van der Waals surface area contributed by atoms with Gasteiger partial charge in [-0.1, -0.05) is 18.2 Å². The van der Waals surface area contributed by atoms with E-state index in [9.17, 15) is 14.4 Å². The highest BCUT2D eigenvalue weighted by atomic mass is 19.1. The van der Waals surface area contributed by atoms with Gasteiger partial charge in [0.1, 0.15) is 23.3 Å². The Morgan fingerprint density at radius 3 is 2.52 bits per heavy atom. The van der Waals surface area contributed by atoms with Crippen LogP contribution < -0.4 is 10.1 Å². The number of rotatable bonds is 5. The molecule has 6 heteroatoms. The number of ether oxygens (including phenoxy) is 1. The largest absolute Gasteiger partial charge is 0.496 e. The number of amides is 1. The molecule has 0 saturated carbocycles. The Balaban J connectivity index is 1.86. The second kappa shape index (κ2) is 7.75. The third-order valence-electron chi connectivity index (χ3n) is 4.35. The average Bonchev–Trinajstić information content (AvgIpc) is 3.08. The number of hydrogen-bond donors (Lipinski definition) is 1. The fourth-order valence-electron chi connectivity index (χ4n) is 2.94. The lowest BCUT2D eigenvalue weighted by atomic mass is 10.1. The monoisotopic (exact) mass is 363 g/mol. The average molecular weight is 363 g/mol. The van der Waals surface area contributed by atoms with Crippen molar-refractivity contribution in [1.82, 2.24) is 9.88 Å². The van der Waals surface area contributed by atoms with Gasteiger partial charge in [0.25, 0.3) is 5.91 Å². The molecule has 1 atom stereocenters. The molecule has 0 unspecified atom stereocenters. The zero-order chi connectivity index (χ0) is 19.4. The number of nitriles is 1. The van der Waals surface area contributed by atoms with Crippen LogP contribution in [0.15, 0.2) is 60.7 Å². The van der Waals surface area contributed by atoms with Crippen LogP contribution in [0.2, 0.25) is 0 Å². The summed E-state index contributed by atoms with van der Waals surface area (Å²) in [4.78, 5) is 12.7. The molecule has 27 heavy (non-hydrogen) atoms. The summed E-state index contributed by atoms with van der Waals surface area (Å²) in [5.41, 5.74) is 2.54. The zero-order valence-corrected chi connectivity index (χ0v) is 14.9. The fourth-order valence-corrected chi connectivity index (χ4v) is 2.94. The van der Waals surface area contributed by atoms with Crippen molar-refractivity contribution in [3.05, 3.63) is 77.7 Å². The molecular weight excluding hydrogens is 345 g/mol. The number of nitrogens with one attached hydrogen (secondary N) is 1. The van der Waals surface area contributed by atoms with Crippen LogP contribution in [0, 0.1) is 17.1 Å². The summed E-state index contributed by atoms with van der Waals surface area (Å²) < 4.78 is 20.1. The topological polar surface area (TPSA) is 67.0 Å². The number of carbonyl (C=O) groups is 1. The highest BCUT2D eigenvalue weighted by molar-refractivity contribution is 5.94. The number of nitrogens with zero attached hydrogens (tertiary/aromatic N) is 2. The lowest BCUT2D eigenvalue weighted by molar-refractivity contribution is 0.0937. The Morgan fingerprint density at radius 2 is 1.85 bits per heavy atom. The maximum atomic E-state index is 13.1. The molecule has 1 heterocycles. The molecule has 0 bridgehead atoms. The molecular formula is C21H18FN3O2. The number of carbonyl (C=O) groups excluding carboxylic acids is 1. The summed E-state index contributed by atoms with van der Waals surface area (Å²) in [7, 11) is 3.26. The molecule has 0 aliphatic rings. The summed E-state index contributed by atoms with van der Waals surface area (Å²) in [5, 5.41) is 12.2. The Morgan fingerprint density at radius 1 is 1.15 bits per heavy atom. The van der Waals surface area contributed by atoms with Crippen LogP contribution in [0.5, 0.6) is 5.75 Å². The standard InChI is InChI=1S/C21H18FN3O2/c1-25-18(14-7-9-15(22)10-8-14)11-12-19(25)21(26)24-17(13-23)16-5-3-4-6-20(16)27-2/h3-12,17H,1-2H3,(H,24,26)/t17-/m0/s1. The van der Waals surface area contributed by atoms with Crippen molar-refractivity contribution in [3.8, 4) is 23.1 Å². The van der Waals surface area contributed by atoms with Crippen LogP contribution in [0.3, 0.4) is 0 Å². The van der Waals surface area contributed by atoms with E-state index in [0.717, 1.165) is 11.3 Å². The predicted molar refractivity (Wildman–Crippen MR) is 99.6 cm³/mol. The van der Waals surface area contributed by atoms with Gasteiger partial charge in [0.15, 0.2) is 0 Å². The molecule has 1 aromatic heterocycles. The van der Waals surface area contributed by atoms with Gasteiger partial charge < -0.3 is 14.6 Å². The van der Waals surface area contributed by atoms with Crippen LogP contribution in [-0.2, 0) is 7.05 Å². The summed E-state index contributed by atoms with van der Waals surface area (Å²) in [5.74, 6) is -0.175. The molecule has 0 saturated heterocycles. The van der Waals surface area contributed by atoms with E-state index in [-0.39, 0.29) is 11.7 Å². The van der Waals surface area contributed by atoms with Crippen LogP contribution >= 0.6 is 0 Å². The molecule has 0 spiro atoms. The molecule has 5 nitrogen and oxygen atoms in total. The Hall–Kier alpha value is -3.59. The van der Waals surface area contributed by atoms with Crippen molar-refractivity contribution < 1.29 is 13.9 Å². The van der Waals surface area contributed by atoms with Crippen molar-refractivity contribution >= 4 is 5.91 Å². The van der Waals surface area contributed by atoms with Crippen molar-refractivity contribution in [2.45, 2.75) is 6.04 Å². The van der Waals surface area contributed by atoms with E-state index in [1.165, 1.54) is 19.2 Å². The molecule has 3 rings (SSSR count). The van der Waals surface area contributed by atoms with Gasteiger partial charge in [-0.3, -0.25) is 4.79 Å². The molecule has 1 amide bonds. The van der Waals surface area contributed by atoms with E-state index < -0.39 is 6.04 Å². The Bertz CT molecular complexity index is 1000. The number of para-hydroxylation sites is 1. The second-order valence-electron chi connectivity index (χ2n) is 5.95. The van der Waals surface area contributed by atoms with Crippen LogP contribution in [0.4, 0.5) is 4.39 Å². The Kier molecular flexibility index (Phi) is 5.23. The minimum atomic E-state index is -0.849. The van der Waals surface area contributed by atoms with Crippen LogP contribution in [0.25, 0.3) is 11.3 Å². The van der Waals surface area contributed by atoms with Crippen molar-refractivity contribution in [3.63, 3.8) is 0 Å². The first-order chi connectivity index (χ1) is 13.0. The number of methoxy groups -OCH3 is 1. The van der Waals surface area contributed by atoms with Gasteiger partial charge in [-0.2, -0.15) is 5.26 Å². The van der Waals surface area contributed by atoms with E-state index in [1.54, 1.807) is 60.1 Å². The van der Waals surface area contributed by atoms with Gasteiger partial charge in [0.2, 0.25) is 0 Å². The zero-order valence-electron chi connectivity index (χ0n) is 14.9. The predicted octanol–water partition coefficient (Wildman–Crippen LogP) is 3.83. The summed E-state index contributed by atoms with van der Waals surface area (Å²) in [6, 6.07) is 17.8. The van der Waals surface area contributed by atoms with Gasteiger partial charge in [-0.25, -0.2) is 4.39 Å². The molecule has 0 aliphatic carbocycles. The summed E-state index contributed by atoms with van der Waals surface area (Å²) >= 11 is 0. The molecule has 3 aromatic rings. The SMILES string of the molecule is COc1ccccc1[C@H](C#N)NC(=O)c1ccc(-c2ccc(F)cc2)n1C. The lowest BCUT2D eigenvalue weighted by Gasteiger charge is -2.15. The van der Waals surface area contributed by atoms with E-state index in [0.29, 0.717) is 17.0 Å². The highest BCUT2D eigenvalue weighted by Gasteiger charge is 2.21. The van der Waals surface area contributed by atoms with Gasteiger partial charge in [-0.05, 0) is 48.0 Å². The van der Waals surface area contributed by atoms with Crippen LogP contribution in [-0.4, -0.2) is 17.6 Å². The normalized spacial score (nSPS) is 11.5. The van der Waals surface area contributed by atoms with Gasteiger partial charge >= 0.3 is 0 Å². The van der Waals surface area contributed by atoms with Gasteiger partial charge in [0.05, 0.1) is 13.2 Å². The maximum Gasteiger partial charge on any atom is 0.269 e. The van der Waals surface area contributed by atoms with Gasteiger partial charge in [0, 0.05) is 18.3 Å². The molecule has 136 valence electrons. The van der Waals surface area contributed by atoms with E-state index in [1.807, 2.05) is 0 Å². The lowest BCUT2D eigenvalue weighted by Crippen LogP contribution is -2.29. The third-order valence-corrected chi connectivity index (χ3v) is 4.35. The van der Waals surface area contributed by atoms with Crippen LogP contribution in [0.1, 0.15) is 22.1 Å². The summed E-state index contributed by atoms with van der Waals surface area (Å²) in [6.07, 6.45) is 0. The van der Waals surface area contributed by atoms with E-state index >= 15 is 0 Å². The number of benzene rings is 2. The summed E-state index contributed by atoms with van der Waals surface area (Å²) in [6.45, 7) is 0. The fraction of sp³-hybridized carbons (Fsp3) is 0.143. The molecule has 2 aromatic carbocycles. The minimum Gasteiger partial charge on any atom is -0.496 e. The van der Waals surface area contributed by atoms with E-state index in [2.05, 4.69) is 11.4 Å². The highest BCUT2D eigenvalue weighted by Crippen LogP contribution is 2.26. The quantitative estimate of drug-likeness (QED) is 0.749. The van der Waals surface area contributed by atoms with Crippen molar-refractivity contribution in [2.75, 3.05) is 7.11 Å².